The van der Waals surface area contributed by atoms with Gasteiger partial charge in [-0.1, -0.05) is 18.2 Å². The van der Waals surface area contributed by atoms with Crippen molar-refractivity contribution in [3.63, 3.8) is 0 Å². The first-order chi connectivity index (χ1) is 18.1. The summed E-state index contributed by atoms with van der Waals surface area (Å²) >= 11 is 0. The largest absolute Gasteiger partial charge is 0.497 e. The number of pyridine rings is 1. The first-order valence-corrected chi connectivity index (χ1v) is 12.6. The van der Waals surface area contributed by atoms with Crippen LogP contribution >= 0.6 is 0 Å². The summed E-state index contributed by atoms with van der Waals surface area (Å²) in [6, 6.07) is 20.6. The first kappa shape index (κ1) is 24.6. The molecular weight excluding hydrogens is 468 g/mol. The minimum absolute atomic E-state index is 0.00926. The van der Waals surface area contributed by atoms with Crippen LogP contribution in [0.3, 0.4) is 0 Å². The number of methoxy groups -OCH3 is 2. The lowest BCUT2D eigenvalue weighted by molar-refractivity contribution is -0.138. The van der Waals surface area contributed by atoms with E-state index < -0.39 is 6.04 Å². The predicted molar refractivity (Wildman–Crippen MR) is 142 cm³/mol. The fourth-order valence-corrected chi connectivity index (χ4v) is 5.31. The van der Waals surface area contributed by atoms with Gasteiger partial charge in [-0.05, 0) is 60.5 Å². The SMILES string of the molecule is COc1ccc([C@@H]2[C@@H](C(=O)N3CCN(c4ccccn4)CC3)CCC(=O)N2c2ccc(OC)cc2)cc1. The smallest absolute Gasteiger partial charge is 0.228 e. The molecule has 0 aliphatic carbocycles. The number of piperidine rings is 1. The van der Waals surface area contributed by atoms with E-state index in [4.69, 9.17) is 9.47 Å². The third-order valence-corrected chi connectivity index (χ3v) is 7.29. The number of amides is 2. The second-order valence-electron chi connectivity index (χ2n) is 9.33. The Labute approximate surface area is 217 Å². The Bertz CT molecular complexity index is 1210. The fourth-order valence-electron chi connectivity index (χ4n) is 5.31. The number of aromatic nitrogens is 1. The molecule has 2 atom stereocenters. The summed E-state index contributed by atoms with van der Waals surface area (Å²) in [5, 5.41) is 0. The zero-order valence-electron chi connectivity index (χ0n) is 21.2. The van der Waals surface area contributed by atoms with Gasteiger partial charge in [0.2, 0.25) is 11.8 Å². The van der Waals surface area contributed by atoms with Gasteiger partial charge >= 0.3 is 0 Å². The molecule has 3 aromatic rings. The van der Waals surface area contributed by atoms with Crippen LogP contribution in [0.15, 0.2) is 72.9 Å². The Morgan fingerprint density at radius 2 is 1.51 bits per heavy atom. The fraction of sp³-hybridized carbons (Fsp3) is 0.345. The van der Waals surface area contributed by atoms with Crippen molar-refractivity contribution in [3.05, 3.63) is 78.5 Å². The number of ether oxygens (including phenoxy) is 2. The molecule has 0 radical (unpaired) electrons. The molecule has 37 heavy (non-hydrogen) atoms. The van der Waals surface area contributed by atoms with Crippen molar-refractivity contribution >= 4 is 23.3 Å². The van der Waals surface area contributed by atoms with Gasteiger partial charge in [-0.3, -0.25) is 9.59 Å². The van der Waals surface area contributed by atoms with Crippen molar-refractivity contribution < 1.29 is 19.1 Å². The topological polar surface area (TPSA) is 75.2 Å². The lowest BCUT2D eigenvalue weighted by atomic mass is 9.82. The van der Waals surface area contributed by atoms with Crippen LogP contribution in [-0.4, -0.2) is 62.1 Å². The quantitative estimate of drug-likeness (QED) is 0.511. The van der Waals surface area contributed by atoms with E-state index in [2.05, 4.69) is 9.88 Å². The second kappa shape index (κ2) is 10.9. The molecular formula is C29H32N4O4. The van der Waals surface area contributed by atoms with Crippen LogP contribution in [0.25, 0.3) is 0 Å². The number of hydrogen-bond acceptors (Lipinski definition) is 6. The lowest BCUT2D eigenvalue weighted by Gasteiger charge is -2.44. The highest BCUT2D eigenvalue weighted by Gasteiger charge is 2.43. The molecule has 2 aliphatic rings. The number of anilines is 2. The van der Waals surface area contributed by atoms with E-state index in [1.54, 1.807) is 25.3 Å². The first-order valence-electron chi connectivity index (χ1n) is 12.6. The monoisotopic (exact) mass is 500 g/mol. The molecule has 8 heteroatoms. The molecule has 5 rings (SSSR count). The van der Waals surface area contributed by atoms with Crippen LogP contribution in [0.5, 0.6) is 11.5 Å². The summed E-state index contributed by atoms with van der Waals surface area (Å²) in [6.07, 6.45) is 2.63. The Morgan fingerprint density at radius 3 is 2.11 bits per heavy atom. The maximum atomic E-state index is 14.0. The molecule has 2 aliphatic heterocycles. The van der Waals surface area contributed by atoms with Crippen LogP contribution in [-0.2, 0) is 9.59 Å². The summed E-state index contributed by atoms with van der Waals surface area (Å²) in [4.78, 5) is 37.7. The molecule has 3 heterocycles. The van der Waals surface area contributed by atoms with Gasteiger partial charge in [0.25, 0.3) is 0 Å². The summed E-state index contributed by atoms with van der Waals surface area (Å²) < 4.78 is 10.7. The van der Waals surface area contributed by atoms with E-state index in [0.29, 0.717) is 31.7 Å². The van der Waals surface area contributed by atoms with Crippen molar-refractivity contribution in [1.29, 1.82) is 0 Å². The molecule has 2 fully saturated rings. The third-order valence-electron chi connectivity index (χ3n) is 7.29. The van der Waals surface area contributed by atoms with E-state index in [1.807, 2.05) is 71.6 Å². The molecule has 2 amide bonds. The standard InChI is InChI=1S/C29H32N4O4/c1-36-23-10-6-21(7-11-23)28-25(14-15-27(34)33(28)22-8-12-24(37-2)13-9-22)29(35)32-19-17-31(18-20-32)26-5-3-4-16-30-26/h3-13,16,25,28H,14-15,17-20H2,1-2H3/t25-,28+/m0/s1. The zero-order valence-corrected chi connectivity index (χ0v) is 21.2. The highest BCUT2D eigenvalue weighted by Crippen LogP contribution is 2.41. The number of hydrogen-bond donors (Lipinski definition) is 0. The van der Waals surface area contributed by atoms with Crippen LogP contribution in [0.4, 0.5) is 11.5 Å². The van der Waals surface area contributed by atoms with Gasteiger partial charge in [0.05, 0.1) is 26.2 Å². The Balaban J connectivity index is 1.43. The van der Waals surface area contributed by atoms with E-state index in [0.717, 1.165) is 35.9 Å². The van der Waals surface area contributed by atoms with E-state index >= 15 is 0 Å². The van der Waals surface area contributed by atoms with E-state index in [1.165, 1.54) is 0 Å². The number of nitrogens with zero attached hydrogens (tertiary/aromatic N) is 4. The average molecular weight is 501 g/mol. The second-order valence-corrected chi connectivity index (χ2v) is 9.33. The van der Waals surface area contributed by atoms with Crippen LogP contribution in [0.1, 0.15) is 24.4 Å². The van der Waals surface area contributed by atoms with Gasteiger partial charge in [0, 0.05) is 44.5 Å². The Morgan fingerprint density at radius 1 is 0.865 bits per heavy atom. The van der Waals surface area contributed by atoms with Crippen LogP contribution in [0, 0.1) is 5.92 Å². The predicted octanol–water partition coefficient (Wildman–Crippen LogP) is 3.93. The number of carbonyl (C=O) groups is 2. The minimum Gasteiger partial charge on any atom is -0.497 e. The van der Waals surface area contributed by atoms with Crippen molar-refractivity contribution in [1.82, 2.24) is 9.88 Å². The van der Waals surface area contributed by atoms with Crippen LogP contribution in [0.2, 0.25) is 0 Å². The number of benzene rings is 2. The van der Waals surface area contributed by atoms with Gasteiger partial charge in [-0.15, -0.1) is 0 Å². The summed E-state index contributed by atoms with van der Waals surface area (Å²) in [6.45, 7) is 2.70. The lowest BCUT2D eigenvalue weighted by Crippen LogP contribution is -2.54. The zero-order chi connectivity index (χ0) is 25.8. The highest BCUT2D eigenvalue weighted by molar-refractivity contribution is 5.97. The van der Waals surface area contributed by atoms with Crippen molar-refractivity contribution in [2.75, 3.05) is 50.2 Å². The summed E-state index contributed by atoms with van der Waals surface area (Å²) in [7, 11) is 3.24. The molecule has 2 aromatic carbocycles. The normalized spacial score (nSPS) is 20.1. The van der Waals surface area contributed by atoms with Gasteiger partial charge in [-0.2, -0.15) is 0 Å². The number of piperazine rings is 1. The van der Waals surface area contributed by atoms with Gasteiger partial charge in [0.15, 0.2) is 0 Å². The molecule has 192 valence electrons. The van der Waals surface area contributed by atoms with Crippen molar-refractivity contribution in [2.45, 2.75) is 18.9 Å². The molecule has 1 aromatic heterocycles. The molecule has 0 bridgehead atoms. The highest BCUT2D eigenvalue weighted by atomic mass is 16.5. The summed E-state index contributed by atoms with van der Waals surface area (Å²) in [5.74, 6) is 2.12. The Hall–Kier alpha value is -4.07. The summed E-state index contributed by atoms with van der Waals surface area (Å²) in [5.41, 5.74) is 1.67. The number of carbonyl (C=O) groups excluding carboxylic acids is 2. The van der Waals surface area contributed by atoms with Gasteiger partial charge in [-0.25, -0.2) is 4.98 Å². The third kappa shape index (κ3) is 5.09. The number of rotatable bonds is 6. The van der Waals surface area contributed by atoms with Gasteiger partial charge < -0.3 is 24.2 Å². The van der Waals surface area contributed by atoms with Crippen molar-refractivity contribution in [3.8, 4) is 11.5 Å². The van der Waals surface area contributed by atoms with Gasteiger partial charge in [0.1, 0.15) is 17.3 Å². The van der Waals surface area contributed by atoms with E-state index in [9.17, 15) is 9.59 Å². The average Bonchev–Trinajstić information content (AvgIpc) is 2.97. The molecule has 0 spiro atoms. The van der Waals surface area contributed by atoms with Crippen LogP contribution < -0.4 is 19.3 Å². The molecule has 8 nitrogen and oxygen atoms in total. The van der Waals surface area contributed by atoms with Crippen molar-refractivity contribution in [2.24, 2.45) is 5.92 Å². The molecule has 0 unspecified atom stereocenters. The maximum Gasteiger partial charge on any atom is 0.228 e. The molecule has 0 saturated carbocycles. The maximum absolute atomic E-state index is 14.0. The molecule has 2 saturated heterocycles. The minimum atomic E-state index is -0.415. The Kier molecular flexibility index (Phi) is 7.25. The van der Waals surface area contributed by atoms with E-state index in [-0.39, 0.29) is 17.7 Å². The molecule has 0 N–H and O–H groups in total.